The van der Waals surface area contributed by atoms with Crippen LogP contribution in [-0.2, 0) is 13.0 Å². The second-order valence-corrected chi connectivity index (χ2v) is 6.26. The summed E-state index contributed by atoms with van der Waals surface area (Å²) in [5.41, 5.74) is 0.249. The predicted octanol–water partition coefficient (Wildman–Crippen LogP) is 3.64. The van der Waals surface area contributed by atoms with E-state index in [9.17, 15) is 14.5 Å². The molecule has 118 valence electrons. The number of benzene rings is 1. The van der Waals surface area contributed by atoms with Crippen molar-refractivity contribution < 1.29 is 9.31 Å². The van der Waals surface area contributed by atoms with E-state index in [1.807, 2.05) is 5.38 Å². The molecule has 2 rings (SSSR count). The number of aromatic nitrogens is 1. The number of hydrogen-bond acceptors (Lipinski definition) is 5. The van der Waals surface area contributed by atoms with Gasteiger partial charge in [-0.3, -0.25) is 15.0 Å². The topological polar surface area (TPSA) is 59.3 Å². The van der Waals surface area contributed by atoms with Gasteiger partial charge in [-0.2, -0.15) is 4.39 Å². The van der Waals surface area contributed by atoms with E-state index in [1.54, 1.807) is 23.6 Å². The van der Waals surface area contributed by atoms with Crippen LogP contribution in [-0.4, -0.2) is 27.4 Å². The first kappa shape index (κ1) is 16.5. The number of nitro benzene ring substituents is 1. The first-order valence-electron chi connectivity index (χ1n) is 7.02. The van der Waals surface area contributed by atoms with Crippen molar-refractivity contribution in [2.24, 2.45) is 0 Å². The molecule has 1 heterocycles. The van der Waals surface area contributed by atoms with Gasteiger partial charge in [0.05, 0.1) is 9.93 Å². The van der Waals surface area contributed by atoms with Gasteiger partial charge in [0.15, 0.2) is 0 Å². The minimum absolute atomic E-state index is 0.290. The van der Waals surface area contributed by atoms with E-state index in [1.165, 1.54) is 12.1 Å². The van der Waals surface area contributed by atoms with E-state index in [2.05, 4.69) is 23.7 Å². The molecule has 22 heavy (non-hydrogen) atoms. The van der Waals surface area contributed by atoms with Gasteiger partial charge in [-0.25, -0.2) is 4.98 Å². The maximum absolute atomic E-state index is 13.7. The Labute approximate surface area is 132 Å². The highest BCUT2D eigenvalue weighted by molar-refractivity contribution is 7.09. The van der Waals surface area contributed by atoms with Gasteiger partial charge in [0.1, 0.15) is 0 Å². The Morgan fingerprint density at radius 1 is 1.45 bits per heavy atom. The van der Waals surface area contributed by atoms with Crippen molar-refractivity contribution in [2.45, 2.75) is 32.9 Å². The molecule has 1 aromatic carbocycles. The summed E-state index contributed by atoms with van der Waals surface area (Å²) >= 11 is 1.62. The Morgan fingerprint density at radius 2 is 2.23 bits per heavy atom. The molecule has 1 aromatic heterocycles. The molecule has 0 saturated carbocycles. The fraction of sp³-hybridized carbons (Fsp3) is 0.400. The van der Waals surface area contributed by atoms with Gasteiger partial charge in [0.25, 0.3) is 0 Å². The van der Waals surface area contributed by atoms with Crippen LogP contribution >= 0.6 is 11.3 Å². The zero-order valence-corrected chi connectivity index (χ0v) is 13.3. The highest BCUT2D eigenvalue weighted by Gasteiger charge is 2.16. The maximum atomic E-state index is 13.7. The number of thiazole rings is 1. The second kappa shape index (κ2) is 7.42. The molecule has 2 aromatic rings. The van der Waals surface area contributed by atoms with Crippen molar-refractivity contribution >= 4 is 17.0 Å². The molecular weight excluding hydrogens is 305 g/mol. The molecule has 0 bridgehead atoms. The van der Waals surface area contributed by atoms with Gasteiger partial charge in [0, 0.05) is 43.2 Å². The van der Waals surface area contributed by atoms with Crippen LogP contribution in [0, 0.1) is 15.9 Å². The lowest BCUT2D eigenvalue weighted by molar-refractivity contribution is -0.387. The lowest BCUT2D eigenvalue weighted by atomic mass is 10.1. The zero-order valence-electron chi connectivity index (χ0n) is 12.5. The second-order valence-electron chi connectivity index (χ2n) is 5.28. The molecule has 0 unspecified atom stereocenters. The third-order valence-electron chi connectivity index (χ3n) is 3.42. The van der Waals surface area contributed by atoms with E-state index >= 15 is 0 Å². The maximum Gasteiger partial charge on any atom is 0.304 e. The minimum atomic E-state index is -0.786. The van der Waals surface area contributed by atoms with Crippen LogP contribution in [0.1, 0.15) is 24.4 Å². The highest BCUT2D eigenvalue weighted by Crippen LogP contribution is 2.20. The van der Waals surface area contributed by atoms with Crippen LogP contribution in [0.2, 0.25) is 0 Å². The Morgan fingerprint density at radius 3 is 2.77 bits per heavy atom. The van der Waals surface area contributed by atoms with E-state index in [-0.39, 0.29) is 0 Å². The summed E-state index contributed by atoms with van der Waals surface area (Å²) in [4.78, 5) is 16.4. The van der Waals surface area contributed by atoms with Crippen LogP contribution in [0.25, 0.3) is 0 Å². The molecule has 0 N–H and O–H groups in total. The average molecular weight is 323 g/mol. The number of halogens is 1. The molecular formula is C15H18FN3O2S. The summed E-state index contributed by atoms with van der Waals surface area (Å²) in [6, 6.07) is 4.37. The predicted molar refractivity (Wildman–Crippen MR) is 84.4 cm³/mol. The van der Waals surface area contributed by atoms with Crippen LogP contribution in [0.4, 0.5) is 10.1 Å². The molecule has 0 aliphatic rings. The van der Waals surface area contributed by atoms with Crippen LogP contribution in [0.3, 0.4) is 0 Å². The monoisotopic (exact) mass is 323 g/mol. The minimum Gasteiger partial charge on any atom is -0.296 e. The summed E-state index contributed by atoms with van der Waals surface area (Å²) in [5.74, 6) is -0.786. The van der Waals surface area contributed by atoms with Crippen LogP contribution < -0.4 is 0 Å². The quantitative estimate of drug-likeness (QED) is 0.576. The lowest BCUT2D eigenvalue weighted by Gasteiger charge is -2.26. The first-order chi connectivity index (χ1) is 10.5. The zero-order chi connectivity index (χ0) is 16.1. The molecule has 0 saturated heterocycles. The normalized spacial score (nSPS) is 11.3. The fourth-order valence-electron chi connectivity index (χ4n) is 2.17. The van der Waals surface area contributed by atoms with E-state index < -0.39 is 16.4 Å². The Kier molecular flexibility index (Phi) is 5.57. The average Bonchev–Trinajstić information content (AvgIpc) is 2.96. The lowest BCUT2D eigenvalue weighted by Crippen LogP contribution is -2.32. The molecule has 0 fully saturated rings. The van der Waals surface area contributed by atoms with Gasteiger partial charge >= 0.3 is 5.69 Å². The number of rotatable bonds is 7. The molecule has 0 atom stereocenters. The standard InChI is InChI=1S/C15H18FN3O2S/c1-11(2)18(7-5-15-17-6-8-22-15)10-12-3-4-14(19(20)21)13(16)9-12/h3-4,6,8-9,11H,5,7,10H2,1-2H3. The summed E-state index contributed by atoms with van der Waals surface area (Å²) in [7, 11) is 0. The third kappa shape index (κ3) is 4.32. The Bertz CT molecular complexity index is 632. The van der Waals surface area contributed by atoms with Crippen molar-refractivity contribution in [3.05, 3.63) is 56.3 Å². The van der Waals surface area contributed by atoms with Gasteiger partial charge in [-0.1, -0.05) is 6.07 Å². The molecule has 5 nitrogen and oxygen atoms in total. The molecule has 0 aliphatic carbocycles. The largest absolute Gasteiger partial charge is 0.304 e. The van der Waals surface area contributed by atoms with Crippen LogP contribution in [0.15, 0.2) is 29.8 Å². The fourth-order valence-corrected chi connectivity index (χ4v) is 2.78. The first-order valence-corrected chi connectivity index (χ1v) is 7.90. The molecule has 7 heteroatoms. The molecule has 0 aliphatic heterocycles. The Balaban J connectivity index is 2.04. The van der Waals surface area contributed by atoms with E-state index in [4.69, 9.17) is 0 Å². The Hall–Kier alpha value is -1.86. The summed E-state index contributed by atoms with van der Waals surface area (Å²) in [6.45, 7) is 5.51. The van der Waals surface area contributed by atoms with Crippen molar-refractivity contribution in [1.82, 2.24) is 9.88 Å². The molecule has 0 spiro atoms. The third-order valence-corrected chi connectivity index (χ3v) is 4.26. The van der Waals surface area contributed by atoms with Crippen molar-refractivity contribution in [1.29, 1.82) is 0 Å². The highest BCUT2D eigenvalue weighted by atomic mass is 32.1. The number of nitro groups is 1. The smallest absolute Gasteiger partial charge is 0.296 e. The number of hydrogen-bond donors (Lipinski definition) is 0. The van der Waals surface area contributed by atoms with Crippen molar-refractivity contribution in [3.8, 4) is 0 Å². The summed E-state index contributed by atoms with van der Waals surface area (Å²) < 4.78 is 13.7. The summed E-state index contributed by atoms with van der Waals surface area (Å²) in [6.07, 6.45) is 2.62. The molecule has 0 amide bonds. The van der Waals surface area contributed by atoms with Crippen LogP contribution in [0.5, 0.6) is 0 Å². The van der Waals surface area contributed by atoms with E-state index in [0.29, 0.717) is 12.6 Å². The van der Waals surface area contributed by atoms with E-state index in [0.717, 1.165) is 23.5 Å². The van der Waals surface area contributed by atoms with Crippen molar-refractivity contribution in [2.75, 3.05) is 6.54 Å². The molecule has 0 radical (unpaired) electrons. The van der Waals surface area contributed by atoms with Gasteiger partial charge in [0.2, 0.25) is 5.82 Å². The summed E-state index contributed by atoms with van der Waals surface area (Å²) in [5, 5.41) is 13.7. The van der Waals surface area contributed by atoms with Gasteiger partial charge in [-0.15, -0.1) is 11.3 Å². The SMILES string of the molecule is CC(C)N(CCc1nccs1)Cc1ccc([N+](=O)[O-])c(F)c1. The number of nitrogens with zero attached hydrogens (tertiary/aromatic N) is 3. The van der Waals surface area contributed by atoms with Gasteiger partial charge in [-0.05, 0) is 25.5 Å². The van der Waals surface area contributed by atoms with Crippen molar-refractivity contribution in [3.63, 3.8) is 0 Å². The van der Waals surface area contributed by atoms with Gasteiger partial charge < -0.3 is 0 Å².